The number of para-hydroxylation sites is 1. The van der Waals surface area contributed by atoms with Crippen LogP contribution < -0.4 is 5.73 Å². The molecule has 0 atom stereocenters. The van der Waals surface area contributed by atoms with Crippen molar-refractivity contribution < 1.29 is 8.42 Å². The lowest BCUT2D eigenvalue weighted by Crippen LogP contribution is -2.37. The standard InChI is InChI=1S/C13H20N2O2S/c1-4-9-15(11(2)3)18(16,17)10-12-7-5-6-8-13(12)14/h4-8,11H,1,9-10,14H2,2-3H3. The number of nitrogens with two attached hydrogens (primary N) is 1. The molecular formula is C13H20N2O2S. The van der Waals surface area contributed by atoms with Gasteiger partial charge < -0.3 is 5.73 Å². The summed E-state index contributed by atoms with van der Waals surface area (Å²) in [6.45, 7) is 7.59. The van der Waals surface area contributed by atoms with E-state index in [-0.39, 0.29) is 11.8 Å². The zero-order valence-electron chi connectivity index (χ0n) is 10.8. The Morgan fingerprint density at radius 1 is 1.39 bits per heavy atom. The number of anilines is 1. The molecule has 0 heterocycles. The molecule has 0 aliphatic heterocycles. The number of hydrogen-bond donors (Lipinski definition) is 1. The van der Waals surface area contributed by atoms with Crippen molar-refractivity contribution in [3.05, 3.63) is 42.5 Å². The van der Waals surface area contributed by atoms with E-state index in [4.69, 9.17) is 5.73 Å². The van der Waals surface area contributed by atoms with Crippen molar-refractivity contribution in [2.24, 2.45) is 0 Å². The Morgan fingerprint density at radius 3 is 2.50 bits per heavy atom. The lowest BCUT2D eigenvalue weighted by Gasteiger charge is -2.24. The molecule has 18 heavy (non-hydrogen) atoms. The van der Waals surface area contributed by atoms with Crippen molar-refractivity contribution in [2.75, 3.05) is 12.3 Å². The average molecular weight is 268 g/mol. The molecule has 0 amide bonds. The average Bonchev–Trinajstić information content (AvgIpc) is 2.28. The highest BCUT2D eigenvalue weighted by molar-refractivity contribution is 7.88. The van der Waals surface area contributed by atoms with Crippen molar-refractivity contribution in [3.63, 3.8) is 0 Å². The molecule has 1 aromatic carbocycles. The summed E-state index contributed by atoms with van der Waals surface area (Å²) in [7, 11) is -3.38. The van der Waals surface area contributed by atoms with Crippen molar-refractivity contribution in [1.29, 1.82) is 0 Å². The summed E-state index contributed by atoms with van der Waals surface area (Å²) >= 11 is 0. The minimum atomic E-state index is -3.38. The summed E-state index contributed by atoms with van der Waals surface area (Å²) in [4.78, 5) is 0. The summed E-state index contributed by atoms with van der Waals surface area (Å²) in [6.07, 6.45) is 1.59. The molecule has 1 rings (SSSR count). The van der Waals surface area contributed by atoms with Gasteiger partial charge in [0.1, 0.15) is 0 Å². The molecule has 0 aliphatic rings. The lowest BCUT2D eigenvalue weighted by molar-refractivity contribution is 0.382. The van der Waals surface area contributed by atoms with E-state index in [1.54, 1.807) is 30.3 Å². The Balaban J connectivity index is 3.00. The van der Waals surface area contributed by atoms with Crippen LogP contribution in [0.1, 0.15) is 19.4 Å². The van der Waals surface area contributed by atoms with Gasteiger partial charge in [-0.2, -0.15) is 4.31 Å². The summed E-state index contributed by atoms with van der Waals surface area (Å²) in [6, 6.07) is 6.92. The second-order valence-corrected chi connectivity index (χ2v) is 6.33. The van der Waals surface area contributed by atoms with Crippen molar-refractivity contribution >= 4 is 15.7 Å². The quantitative estimate of drug-likeness (QED) is 0.634. The molecule has 0 unspecified atom stereocenters. The van der Waals surface area contributed by atoms with Crippen molar-refractivity contribution in [2.45, 2.75) is 25.6 Å². The summed E-state index contributed by atoms with van der Waals surface area (Å²) in [5, 5.41) is 0. The molecule has 0 bridgehead atoms. The van der Waals surface area contributed by atoms with Gasteiger partial charge in [-0.25, -0.2) is 8.42 Å². The highest BCUT2D eigenvalue weighted by atomic mass is 32.2. The number of nitrogen functional groups attached to an aromatic ring is 1. The van der Waals surface area contributed by atoms with Gasteiger partial charge in [0.2, 0.25) is 10.0 Å². The van der Waals surface area contributed by atoms with Gasteiger partial charge >= 0.3 is 0 Å². The van der Waals surface area contributed by atoms with Crippen LogP contribution in [0.2, 0.25) is 0 Å². The summed E-state index contributed by atoms with van der Waals surface area (Å²) in [5.74, 6) is -0.0777. The van der Waals surface area contributed by atoms with Crippen LogP contribution in [0.3, 0.4) is 0 Å². The molecule has 4 nitrogen and oxygen atoms in total. The Kier molecular flexibility index (Phi) is 4.93. The third-order valence-electron chi connectivity index (χ3n) is 2.64. The van der Waals surface area contributed by atoms with E-state index in [1.807, 2.05) is 13.8 Å². The van der Waals surface area contributed by atoms with Crippen LogP contribution in [0.15, 0.2) is 36.9 Å². The van der Waals surface area contributed by atoms with E-state index in [2.05, 4.69) is 6.58 Å². The first-order chi connectivity index (χ1) is 8.38. The number of rotatable bonds is 6. The van der Waals surface area contributed by atoms with Gasteiger partial charge in [-0.15, -0.1) is 6.58 Å². The SMILES string of the molecule is C=CCN(C(C)C)S(=O)(=O)Cc1ccccc1N. The van der Waals surface area contributed by atoms with E-state index in [0.717, 1.165) is 0 Å². The number of sulfonamides is 1. The molecule has 5 heteroatoms. The zero-order valence-corrected chi connectivity index (χ0v) is 11.7. The third-order valence-corrected chi connectivity index (χ3v) is 4.60. The van der Waals surface area contributed by atoms with Gasteiger partial charge in [0.25, 0.3) is 0 Å². The van der Waals surface area contributed by atoms with Crippen LogP contribution in [-0.4, -0.2) is 25.3 Å². The number of nitrogens with zero attached hydrogens (tertiary/aromatic N) is 1. The molecule has 100 valence electrons. The maximum atomic E-state index is 12.3. The second-order valence-electron chi connectivity index (χ2n) is 4.41. The molecule has 0 radical (unpaired) electrons. The summed E-state index contributed by atoms with van der Waals surface area (Å²) in [5.41, 5.74) is 6.91. The van der Waals surface area contributed by atoms with Crippen LogP contribution in [-0.2, 0) is 15.8 Å². The first-order valence-electron chi connectivity index (χ1n) is 5.82. The minimum Gasteiger partial charge on any atom is -0.398 e. The highest BCUT2D eigenvalue weighted by Gasteiger charge is 2.24. The maximum absolute atomic E-state index is 12.3. The van der Waals surface area contributed by atoms with E-state index in [0.29, 0.717) is 17.8 Å². The lowest BCUT2D eigenvalue weighted by atomic mass is 10.2. The third kappa shape index (κ3) is 3.58. The van der Waals surface area contributed by atoms with Crippen LogP contribution in [0.4, 0.5) is 5.69 Å². The van der Waals surface area contributed by atoms with Gasteiger partial charge in [-0.3, -0.25) is 0 Å². The first-order valence-corrected chi connectivity index (χ1v) is 7.43. The molecule has 0 saturated carbocycles. The van der Waals surface area contributed by atoms with E-state index < -0.39 is 10.0 Å². The number of benzene rings is 1. The fourth-order valence-electron chi connectivity index (χ4n) is 1.72. The molecule has 0 saturated heterocycles. The Morgan fingerprint density at radius 2 is 2.00 bits per heavy atom. The summed E-state index contributed by atoms with van der Waals surface area (Å²) < 4.78 is 26.0. The molecule has 2 N–H and O–H groups in total. The molecule has 1 aromatic rings. The maximum Gasteiger partial charge on any atom is 0.218 e. The molecular weight excluding hydrogens is 248 g/mol. The van der Waals surface area contributed by atoms with Gasteiger partial charge in [-0.1, -0.05) is 24.3 Å². The van der Waals surface area contributed by atoms with Crippen molar-refractivity contribution in [1.82, 2.24) is 4.31 Å². The molecule has 0 spiro atoms. The topological polar surface area (TPSA) is 63.4 Å². The minimum absolute atomic E-state index is 0.0777. The second kappa shape index (κ2) is 6.02. The highest BCUT2D eigenvalue weighted by Crippen LogP contribution is 2.18. The predicted octanol–water partition coefficient (Wildman–Crippen LogP) is 2.00. The first kappa shape index (κ1) is 14.7. The van der Waals surface area contributed by atoms with E-state index in [1.165, 1.54) is 4.31 Å². The van der Waals surface area contributed by atoms with Crippen LogP contribution in [0, 0.1) is 0 Å². The van der Waals surface area contributed by atoms with Gasteiger partial charge in [0.05, 0.1) is 5.75 Å². The largest absolute Gasteiger partial charge is 0.398 e. The monoisotopic (exact) mass is 268 g/mol. The van der Waals surface area contributed by atoms with Crippen molar-refractivity contribution in [3.8, 4) is 0 Å². The fourth-order valence-corrected chi connectivity index (χ4v) is 3.51. The van der Waals surface area contributed by atoms with Gasteiger partial charge in [0, 0.05) is 18.3 Å². The van der Waals surface area contributed by atoms with Gasteiger partial charge in [0.15, 0.2) is 0 Å². The Bertz CT molecular complexity index is 509. The Hall–Kier alpha value is -1.33. The number of hydrogen-bond acceptors (Lipinski definition) is 3. The van der Waals surface area contributed by atoms with E-state index >= 15 is 0 Å². The normalized spacial score (nSPS) is 12.0. The van der Waals surface area contributed by atoms with Crippen LogP contribution in [0.25, 0.3) is 0 Å². The van der Waals surface area contributed by atoms with E-state index in [9.17, 15) is 8.42 Å². The predicted molar refractivity (Wildman–Crippen MR) is 75.5 cm³/mol. The molecule has 0 fully saturated rings. The van der Waals surface area contributed by atoms with Crippen LogP contribution >= 0.6 is 0 Å². The zero-order chi connectivity index (χ0) is 13.8. The van der Waals surface area contributed by atoms with Crippen LogP contribution in [0.5, 0.6) is 0 Å². The molecule has 0 aliphatic carbocycles. The molecule has 0 aromatic heterocycles. The smallest absolute Gasteiger partial charge is 0.218 e. The Labute approximate surface area is 109 Å². The fraction of sp³-hybridized carbons (Fsp3) is 0.385. The van der Waals surface area contributed by atoms with Gasteiger partial charge in [-0.05, 0) is 25.5 Å².